The van der Waals surface area contributed by atoms with E-state index in [4.69, 9.17) is 10.5 Å². The van der Waals surface area contributed by atoms with Gasteiger partial charge in [-0.1, -0.05) is 18.2 Å². The Hall–Kier alpha value is -1.83. The van der Waals surface area contributed by atoms with Gasteiger partial charge in [0.15, 0.2) is 5.96 Å². The molecule has 5 nitrogen and oxygen atoms in total. The van der Waals surface area contributed by atoms with E-state index >= 15 is 0 Å². The Labute approximate surface area is 161 Å². The highest BCUT2D eigenvalue weighted by Gasteiger charge is 2.03. The standard InChI is InChI=1S/C18H24N4O.HI/c1-3-22(4-2)18(19)21-13-15-8-7-10-17(12-15)23-14-16-9-5-6-11-20-16;/h5-12H,3-4,13-14H2,1-2H3,(H2,19,21);1H. The predicted molar refractivity (Wildman–Crippen MR) is 109 cm³/mol. The first-order valence-electron chi connectivity index (χ1n) is 7.89. The van der Waals surface area contributed by atoms with Gasteiger partial charge in [-0.05, 0) is 43.7 Å². The molecule has 0 aliphatic rings. The third-order valence-electron chi connectivity index (χ3n) is 3.52. The Morgan fingerprint density at radius 2 is 1.96 bits per heavy atom. The van der Waals surface area contributed by atoms with Gasteiger partial charge in [0.1, 0.15) is 12.4 Å². The quantitative estimate of drug-likeness (QED) is 0.407. The summed E-state index contributed by atoms with van der Waals surface area (Å²) in [6, 6.07) is 13.7. The molecule has 2 N–H and O–H groups in total. The first-order chi connectivity index (χ1) is 11.2. The summed E-state index contributed by atoms with van der Waals surface area (Å²) in [5, 5.41) is 0. The van der Waals surface area contributed by atoms with Crippen LogP contribution in [0.2, 0.25) is 0 Å². The molecule has 0 bridgehead atoms. The summed E-state index contributed by atoms with van der Waals surface area (Å²) in [6.45, 7) is 6.85. The van der Waals surface area contributed by atoms with Crippen molar-refractivity contribution in [3.8, 4) is 5.75 Å². The van der Waals surface area contributed by atoms with Gasteiger partial charge in [0.05, 0.1) is 12.2 Å². The number of rotatable bonds is 7. The van der Waals surface area contributed by atoms with E-state index in [1.807, 2.05) is 47.4 Å². The molecule has 0 saturated heterocycles. The summed E-state index contributed by atoms with van der Waals surface area (Å²) in [5.74, 6) is 1.39. The van der Waals surface area contributed by atoms with Crippen LogP contribution in [0.25, 0.3) is 0 Å². The van der Waals surface area contributed by atoms with Crippen molar-refractivity contribution >= 4 is 29.9 Å². The molecule has 0 fully saturated rings. The summed E-state index contributed by atoms with van der Waals surface area (Å²) in [4.78, 5) is 10.7. The highest BCUT2D eigenvalue weighted by atomic mass is 127. The van der Waals surface area contributed by atoms with Gasteiger partial charge in [-0.2, -0.15) is 0 Å². The molecule has 0 aliphatic heterocycles. The first kappa shape index (κ1) is 20.2. The molecule has 1 heterocycles. The first-order valence-corrected chi connectivity index (χ1v) is 7.89. The molecule has 1 aromatic heterocycles. The highest BCUT2D eigenvalue weighted by molar-refractivity contribution is 14.0. The molecule has 130 valence electrons. The maximum atomic E-state index is 6.00. The zero-order valence-corrected chi connectivity index (χ0v) is 16.5. The molecule has 0 amide bonds. The zero-order valence-electron chi connectivity index (χ0n) is 14.2. The minimum atomic E-state index is 0. The van der Waals surface area contributed by atoms with Crippen LogP contribution in [0, 0.1) is 0 Å². The number of halogens is 1. The number of guanidine groups is 1. The van der Waals surface area contributed by atoms with Crippen molar-refractivity contribution in [2.45, 2.75) is 27.0 Å². The second kappa shape index (κ2) is 10.9. The number of aliphatic imine (C=N–C) groups is 1. The molecular formula is C18H25IN4O. The molecule has 6 heteroatoms. The van der Waals surface area contributed by atoms with Gasteiger partial charge < -0.3 is 15.4 Å². The summed E-state index contributed by atoms with van der Waals surface area (Å²) in [7, 11) is 0. The number of benzene rings is 1. The minimum absolute atomic E-state index is 0. The molecule has 0 unspecified atom stereocenters. The van der Waals surface area contributed by atoms with E-state index in [2.05, 4.69) is 23.8 Å². The number of pyridine rings is 1. The van der Waals surface area contributed by atoms with Crippen LogP contribution in [0.4, 0.5) is 0 Å². The molecular weight excluding hydrogens is 415 g/mol. The van der Waals surface area contributed by atoms with Crippen molar-refractivity contribution in [1.82, 2.24) is 9.88 Å². The molecule has 0 spiro atoms. The predicted octanol–water partition coefficient (Wildman–Crippen LogP) is 3.44. The van der Waals surface area contributed by atoms with E-state index in [0.29, 0.717) is 19.1 Å². The Morgan fingerprint density at radius 1 is 1.17 bits per heavy atom. The largest absolute Gasteiger partial charge is 0.487 e. The van der Waals surface area contributed by atoms with Crippen molar-refractivity contribution < 1.29 is 4.74 Å². The van der Waals surface area contributed by atoms with Crippen molar-refractivity contribution in [1.29, 1.82) is 0 Å². The minimum Gasteiger partial charge on any atom is -0.487 e. The second-order valence-corrected chi connectivity index (χ2v) is 5.10. The number of nitrogens with zero attached hydrogens (tertiary/aromatic N) is 3. The molecule has 0 aliphatic carbocycles. The highest BCUT2D eigenvalue weighted by Crippen LogP contribution is 2.15. The van der Waals surface area contributed by atoms with E-state index in [0.717, 1.165) is 30.1 Å². The van der Waals surface area contributed by atoms with E-state index in [9.17, 15) is 0 Å². The van der Waals surface area contributed by atoms with Crippen LogP contribution >= 0.6 is 24.0 Å². The van der Waals surface area contributed by atoms with Crippen molar-refractivity contribution in [2.24, 2.45) is 10.7 Å². The van der Waals surface area contributed by atoms with Crippen molar-refractivity contribution in [3.05, 3.63) is 59.9 Å². The van der Waals surface area contributed by atoms with Gasteiger partial charge in [0, 0.05) is 19.3 Å². The summed E-state index contributed by atoms with van der Waals surface area (Å²) in [6.07, 6.45) is 1.76. The van der Waals surface area contributed by atoms with Gasteiger partial charge in [-0.25, -0.2) is 4.99 Å². The molecule has 2 aromatic rings. The van der Waals surface area contributed by atoms with Gasteiger partial charge in [0.2, 0.25) is 0 Å². The number of hydrogen-bond acceptors (Lipinski definition) is 3. The van der Waals surface area contributed by atoms with E-state index in [1.54, 1.807) is 6.20 Å². The van der Waals surface area contributed by atoms with Gasteiger partial charge in [-0.15, -0.1) is 24.0 Å². The van der Waals surface area contributed by atoms with Crippen molar-refractivity contribution in [3.63, 3.8) is 0 Å². The van der Waals surface area contributed by atoms with E-state index < -0.39 is 0 Å². The lowest BCUT2D eigenvalue weighted by Crippen LogP contribution is -2.37. The molecule has 1 aromatic carbocycles. The fraction of sp³-hybridized carbons (Fsp3) is 0.333. The van der Waals surface area contributed by atoms with E-state index in [1.165, 1.54) is 0 Å². The van der Waals surface area contributed by atoms with Crippen LogP contribution in [0.1, 0.15) is 25.1 Å². The average Bonchev–Trinajstić information content (AvgIpc) is 2.60. The number of ether oxygens (including phenoxy) is 1. The van der Waals surface area contributed by atoms with Crippen LogP contribution in [0.5, 0.6) is 5.75 Å². The third-order valence-corrected chi connectivity index (χ3v) is 3.52. The van der Waals surface area contributed by atoms with Gasteiger partial charge in [-0.3, -0.25) is 4.98 Å². The fourth-order valence-corrected chi connectivity index (χ4v) is 2.19. The second-order valence-electron chi connectivity index (χ2n) is 5.10. The molecule has 0 radical (unpaired) electrons. The number of nitrogens with two attached hydrogens (primary N) is 1. The topological polar surface area (TPSA) is 63.7 Å². The Kier molecular flexibility index (Phi) is 9.14. The third kappa shape index (κ3) is 6.35. The van der Waals surface area contributed by atoms with Gasteiger partial charge in [0.25, 0.3) is 0 Å². The fourth-order valence-electron chi connectivity index (χ4n) is 2.19. The molecule has 0 saturated carbocycles. The van der Waals surface area contributed by atoms with Crippen LogP contribution < -0.4 is 10.5 Å². The molecule has 24 heavy (non-hydrogen) atoms. The van der Waals surface area contributed by atoms with Crippen LogP contribution in [0.3, 0.4) is 0 Å². The molecule has 0 atom stereocenters. The summed E-state index contributed by atoms with van der Waals surface area (Å²) in [5.41, 5.74) is 7.97. The van der Waals surface area contributed by atoms with Crippen molar-refractivity contribution in [2.75, 3.05) is 13.1 Å². The van der Waals surface area contributed by atoms with E-state index in [-0.39, 0.29) is 24.0 Å². The summed E-state index contributed by atoms with van der Waals surface area (Å²) < 4.78 is 5.78. The smallest absolute Gasteiger partial charge is 0.191 e. The number of hydrogen-bond donors (Lipinski definition) is 1. The summed E-state index contributed by atoms with van der Waals surface area (Å²) >= 11 is 0. The van der Waals surface area contributed by atoms with Crippen LogP contribution in [-0.2, 0) is 13.2 Å². The normalized spacial score (nSPS) is 10.8. The van der Waals surface area contributed by atoms with Gasteiger partial charge >= 0.3 is 0 Å². The average molecular weight is 440 g/mol. The monoisotopic (exact) mass is 440 g/mol. The van der Waals surface area contributed by atoms with Crippen LogP contribution in [-0.4, -0.2) is 28.9 Å². The maximum Gasteiger partial charge on any atom is 0.191 e. The lowest BCUT2D eigenvalue weighted by molar-refractivity contribution is 0.301. The lowest BCUT2D eigenvalue weighted by atomic mass is 10.2. The Bertz CT molecular complexity index is 630. The number of aromatic nitrogens is 1. The Morgan fingerprint density at radius 3 is 2.62 bits per heavy atom. The SMILES string of the molecule is CCN(CC)C(N)=NCc1cccc(OCc2ccccn2)c1.I. The zero-order chi connectivity index (χ0) is 16.5. The Balaban J connectivity index is 0.00000288. The van der Waals surface area contributed by atoms with Crippen LogP contribution in [0.15, 0.2) is 53.7 Å². The maximum absolute atomic E-state index is 6.00. The molecule has 2 rings (SSSR count). The lowest BCUT2D eigenvalue weighted by Gasteiger charge is -2.19.